The smallest absolute Gasteiger partial charge is 0.133 e. The van der Waals surface area contributed by atoms with Crippen molar-refractivity contribution in [1.82, 2.24) is 0 Å². The van der Waals surface area contributed by atoms with Crippen LogP contribution in [0.4, 0.5) is 0 Å². The fourth-order valence-corrected chi connectivity index (χ4v) is 3.78. The summed E-state index contributed by atoms with van der Waals surface area (Å²) in [6, 6.07) is 17.0. The fraction of sp³-hybridized carbons (Fsp3) is 0.278. The Morgan fingerprint density at radius 3 is 2.81 bits per heavy atom. The van der Waals surface area contributed by atoms with Crippen LogP contribution >= 0.6 is 15.9 Å². The van der Waals surface area contributed by atoms with Gasteiger partial charge in [-0.1, -0.05) is 30.3 Å². The van der Waals surface area contributed by atoms with Crippen molar-refractivity contribution in [1.29, 1.82) is 5.26 Å². The van der Waals surface area contributed by atoms with Gasteiger partial charge in [0.25, 0.3) is 0 Å². The Morgan fingerprint density at radius 1 is 1.29 bits per heavy atom. The van der Waals surface area contributed by atoms with Crippen LogP contribution in [0.2, 0.25) is 0 Å². The molecular weight excluding hydrogens is 326 g/mol. The molecule has 0 N–H and O–H groups in total. The number of methoxy groups -OCH3 is 1. The van der Waals surface area contributed by atoms with Gasteiger partial charge in [-0.15, -0.1) is 0 Å². The number of aryl methyl sites for hydroxylation is 1. The number of hydrogen-bond acceptors (Lipinski definition) is 2. The van der Waals surface area contributed by atoms with E-state index >= 15 is 0 Å². The van der Waals surface area contributed by atoms with Gasteiger partial charge in [-0.3, -0.25) is 0 Å². The molecule has 2 aromatic rings. The molecule has 0 spiro atoms. The first-order valence-electron chi connectivity index (χ1n) is 7.00. The third-order valence-electron chi connectivity index (χ3n) is 4.29. The van der Waals surface area contributed by atoms with Crippen molar-refractivity contribution in [2.45, 2.75) is 24.7 Å². The van der Waals surface area contributed by atoms with Gasteiger partial charge in [-0.25, -0.2) is 0 Å². The number of nitriles is 1. The molecule has 1 atom stereocenters. The lowest BCUT2D eigenvalue weighted by atomic mass is 9.78. The van der Waals surface area contributed by atoms with E-state index in [0.29, 0.717) is 0 Å². The molecule has 0 bridgehead atoms. The van der Waals surface area contributed by atoms with Crippen LogP contribution < -0.4 is 4.74 Å². The number of halogens is 1. The molecule has 21 heavy (non-hydrogen) atoms. The lowest BCUT2D eigenvalue weighted by Crippen LogP contribution is -2.23. The van der Waals surface area contributed by atoms with E-state index in [4.69, 9.17) is 4.74 Å². The number of hydrogen-bond donors (Lipinski definition) is 0. The summed E-state index contributed by atoms with van der Waals surface area (Å²) in [4.78, 5) is 0. The predicted molar refractivity (Wildman–Crippen MR) is 86.5 cm³/mol. The maximum Gasteiger partial charge on any atom is 0.133 e. The normalized spacial score (nSPS) is 19.9. The summed E-state index contributed by atoms with van der Waals surface area (Å²) >= 11 is 3.52. The summed E-state index contributed by atoms with van der Waals surface area (Å²) in [7, 11) is 1.66. The molecule has 0 amide bonds. The summed E-state index contributed by atoms with van der Waals surface area (Å²) in [5.74, 6) is 0.816. The predicted octanol–water partition coefficient (Wildman–Crippen LogP) is 4.41. The average Bonchev–Trinajstić information content (AvgIpc) is 2.87. The van der Waals surface area contributed by atoms with Crippen molar-refractivity contribution in [2.75, 3.05) is 7.11 Å². The minimum absolute atomic E-state index is 0.398. The van der Waals surface area contributed by atoms with Crippen LogP contribution in [-0.4, -0.2) is 7.11 Å². The number of nitrogens with zero attached hydrogens (tertiary/aromatic N) is 1. The molecule has 0 aliphatic heterocycles. The molecule has 3 rings (SSSR count). The lowest BCUT2D eigenvalue weighted by molar-refractivity contribution is 0.411. The van der Waals surface area contributed by atoms with E-state index in [9.17, 15) is 5.26 Å². The van der Waals surface area contributed by atoms with Gasteiger partial charge in [0.15, 0.2) is 0 Å². The molecule has 106 valence electrons. The van der Waals surface area contributed by atoms with E-state index in [1.807, 2.05) is 18.2 Å². The van der Waals surface area contributed by atoms with E-state index in [0.717, 1.165) is 35.0 Å². The zero-order valence-corrected chi connectivity index (χ0v) is 13.5. The SMILES string of the molecule is COc1ccc(CC2(C#N)CCc3ccccc32)cc1Br. The Bertz CT molecular complexity index is 719. The molecule has 0 saturated heterocycles. The maximum absolute atomic E-state index is 9.81. The third kappa shape index (κ3) is 2.45. The highest BCUT2D eigenvalue weighted by atomic mass is 79.9. The number of ether oxygens (including phenoxy) is 1. The molecule has 0 radical (unpaired) electrons. The number of fused-ring (bicyclic) bond motifs is 1. The minimum Gasteiger partial charge on any atom is -0.496 e. The molecule has 1 unspecified atom stereocenters. The second-order valence-corrected chi connectivity index (χ2v) is 6.35. The lowest BCUT2D eigenvalue weighted by Gasteiger charge is -2.22. The molecular formula is C18H16BrNO. The van der Waals surface area contributed by atoms with Crippen LogP contribution in [0.25, 0.3) is 0 Å². The van der Waals surface area contributed by atoms with Gasteiger partial charge in [-0.2, -0.15) is 5.26 Å². The summed E-state index contributed by atoms with van der Waals surface area (Å²) in [6.45, 7) is 0. The molecule has 0 fully saturated rings. The topological polar surface area (TPSA) is 33.0 Å². The summed E-state index contributed by atoms with van der Waals surface area (Å²) in [6.07, 6.45) is 2.62. The second-order valence-electron chi connectivity index (χ2n) is 5.50. The third-order valence-corrected chi connectivity index (χ3v) is 4.91. The van der Waals surface area contributed by atoms with Crippen molar-refractivity contribution >= 4 is 15.9 Å². The Morgan fingerprint density at radius 2 is 2.10 bits per heavy atom. The average molecular weight is 342 g/mol. The molecule has 2 aromatic carbocycles. The van der Waals surface area contributed by atoms with Crippen LogP contribution in [0, 0.1) is 11.3 Å². The first kappa shape index (κ1) is 14.2. The quantitative estimate of drug-likeness (QED) is 0.828. The van der Waals surface area contributed by atoms with E-state index in [2.05, 4.69) is 46.3 Å². The molecule has 3 heteroatoms. The van der Waals surface area contributed by atoms with Crippen molar-refractivity contribution in [3.8, 4) is 11.8 Å². The summed E-state index contributed by atoms with van der Waals surface area (Å²) in [5, 5.41) is 9.81. The van der Waals surface area contributed by atoms with Crippen LogP contribution in [0.1, 0.15) is 23.1 Å². The van der Waals surface area contributed by atoms with Gasteiger partial charge in [0.2, 0.25) is 0 Å². The van der Waals surface area contributed by atoms with Gasteiger partial charge >= 0.3 is 0 Å². The Hall–Kier alpha value is -1.79. The van der Waals surface area contributed by atoms with Crippen molar-refractivity contribution in [3.63, 3.8) is 0 Å². The Labute approximate surface area is 133 Å². The Balaban J connectivity index is 1.97. The van der Waals surface area contributed by atoms with Gasteiger partial charge in [0, 0.05) is 0 Å². The summed E-state index contributed by atoms with van der Waals surface area (Å²) in [5.41, 5.74) is 3.26. The van der Waals surface area contributed by atoms with E-state index in [-0.39, 0.29) is 0 Å². The highest BCUT2D eigenvalue weighted by Gasteiger charge is 2.38. The second kappa shape index (κ2) is 5.54. The van der Waals surface area contributed by atoms with Crippen molar-refractivity contribution < 1.29 is 4.74 Å². The summed E-state index contributed by atoms with van der Waals surface area (Å²) < 4.78 is 6.20. The highest BCUT2D eigenvalue weighted by molar-refractivity contribution is 9.10. The fourth-order valence-electron chi connectivity index (χ4n) is 3.20. The maximum atomic E-state index is 9.81. The molecule has 1 aliphatic carbocycles. The van der Waals surface area contributed by atoms with Gasteiger partial charge in [0.05, 0.1) is 23.1 Å². The first-order chi connectivity index (χ1) is 10.2. The first-order valence-corrected chi connectivity index (χ1v) is 7.80. The van der Waals surface area contributed by atoms with E-state index < -0.39 is 5.41 Å². The monoisotopic (exact) mass is 341 g/mol. The van der Waals surface area contributed by atoms with Crippen LogP contribution in [0.15, 0.2) is 46.9 Å². The standard InChI is InChI=1S/C18H16BrNO/c1-21-17-7-6-13(10-16(17)19)11-18(12-20)9-8-14-4-2-3-5-15(14)18/h2-7,10H,8-9,11H2,1H3. The number of rotatable bonds is 3. The van der Waals surface area contributed by atoms with E-state index in [1.54, 1.807) is 7.11 Å². The van der Waals surface area contributed by atoms with Crippen molar-refractivity contribution in [3.05, 3.63) is 63.6 Å². The van der Waals surface area contributed by atoms with Gasteiger partial charge < -0.3 is 4.74 Å². The molecule has 0 saturated carbocycles. The largest absolute Gasteiger partial charge is 0.496 e. The van der Waals surface area contributed by atoms with Gasteiger partial charge in [-0.05, 0) is 64.0 Å². The molecule has 0 heterocycles. The Kier molecular flexibility index (Phi) is 3.73. The van der Waals surface area contributed by atoms with Crippen LogP contribution in [0.5, 0.6) is 5.75 Å². The minimum atomic E-state index is -0.398. The van der Waals surface area contributed by atoms with Crippen LogP contribution in [0.3, 0.4) is 0 Å². The zero-order valence-electron chi connectivity index (χ0n) is 11.9. The van der Waals surface area contributed by atoms with E-state index in [1.165, 1.54) is 11.1 Å². The molecule has 1 aliphatic rings. The zero-order chi connectivity index (χ0) is 14.9. The van der Waals surface area contributed by atoms with Crippen LogP contribution in [-0.2, 0) is 18.3 Å². The van der Waals surface area contributed by atoms with Gasteiger partial charge in [0.1, 0.15) is 5.75 Å². The number of benzene rings is 2. The van der Waals surface area contributed by atoms with Crippen molar-refractivity contribution in [2.24, 2.45) is 0 Å². The molecule has 2 nitrogen and oxygen atoms in total. The highest BCUT2D eigenvalue weighted by Crippen LogP contribution is 2.41. The molecule has 0 aromatic heterocycles.